The molecule has 2 aliphatic rings. The first kappa shape index (κ1) is 20.8. The van der Waals surface area contributed by atoms with Gasteiger partial charge in [-0.3, -0.25) is 4.79 Å². The SMILES string of the molecule is O=C(c1ccccc1)c1ccc(N2CCN(c3ccc(C4CCCCC4)cc3)CC2)cc1. The molecule has 5 rings (SSSR count). The number of hydrogen-bond donors (Lipinski definition) is 0. The summed E-state index contributed by atoms with van der Waals surface area (Å²) >= 11 is 0. The predicted molar refractivity (Wildman–Crippen MR) is 133 cm³/mol. The molecule has 0 atom stereocenters. The van der Waals surface area contributed by atoms with Crippen molar-refractivity contribution in [1.29, 1.82) is 0 Å². The lowest BCUT2D eigenvalue weighted by molar-refractivity contribution is 0.103. The highest BCUT2D eigenvalue weighted by Crippen LogP contribution is 2.33. The van der Waals surface area contributed by atoms with Crippen LogP contribution in [0.2, 0.25) is 0 Å². The van der Waals surface area contributed by atoms with Gasteiger partial charge in [-0.2, -0.15) is 0 Å². The minimum absolute atomic E-state index is 0.0821. The summed E-state index contributed by atoms with van der Waals surface area (Å²) in [5, 5.41) is 0. The molecule has 0 N–H and O–H groups in total. The fourth-order valence-electron chi connectivity index (χ4n) is 5.20. The Morgan fingerprint density at radius 3 is 1.66 bits per heavy atom. The molecule has 2 fully saturated rings. The largest absolute Gasteiger partial charge is 0.368 e. The molecule has 1 aliphatic carbocycles. The maximum absolute atomic E-state index is 12.6. The van der Waals surface area contributed by atoms with Gasteiger partial charge in [0.25, 0.3) is 0 Å². The number of ketones is 1. The monoisotopic (exact) mass is 424 g/mol. The number of anilines is 2. The van der Waals surface area contributed by atoms with Gasteiger partial charge in [-0.15, -0.1) is 0 Å². The van der Waals surface area contributed by atoms with Crippen molar-refractivity contribution in [2.45, 2.75) is 38.0 Å². The average Bonchev–Trinajstić information content (AvgIpc) is 2.90. The summed E-state index contributed by atoms with van der Waals surface area (Å²) in [5.41, 5.74) is 5.55. The Labute approximate surface area is 191 Å². The Morgan fingerprint density at radius 1 is 0.594 bits per heavy atom. The lowest BCUT2D eigenvalue weighted by Crippen LogP contribution is -2.46. The number of piperazine rings is 1. The summed E-state index contributed by atoms with van der Waals surface area (Å²) in [4.78, 5) is 17.6. The first-order chi connectivity index (χ1) is 15.8. The van der Waals surface area contributed by atoms with Crippen LogP contribution in [0.15, 0.2) is 78.9 Å². The molecule has 0 spiro atoms. The smallest absolute Gasteiger partial charge is 0.193 e. The summed E-state index contributed by atoms with van der Waals surface area (Å²) in [5.74, 6) is 0.852. The van der Waals surface area contributed by atoms with Gasteiger partial charge in [0.15, 0.2) is 5.78 Å². The molecule has 3 aromatic rings. The van der Waals surface area contributed by atoms with Crippen LogP contribution in [0.5, 0.6) is 0 Å². The van der Waals surface area contributed by atoms with E-state index in [4.69, 9.17) is 0 Å². The maximum Gasteiger partial charge on any atom is 0.193 e. The zero-order chi connectivity index (χ0) is 21.8. The molecule has 3 heteroatoms. The molecule has 1 saturated heterocycles. The van der Waals surface area contributed by atoms with Gasteiger partial charge >= 0.3 is 0 Å². The van der Waals surface area contributed by atoms with Crippen molar-refractivity contribution >= 4 is 17.2 Å². The van der Waals surface area contributed by atoms with Gasteiger partial charge in [0.2, 0.25) is 0 Å². The number of carbonyl (C=O) groups excluding carboxylic acids is 1. The Morgan fingerprint density at radius 2 is 1.09 bits per heavy atom. The first-order valence-corrected chi connectivity index (χ1v) is 12.1. The molecule has 0 bridgehead atoms. The van der Waals surface area contributed by atoms with Crippen molar-refractivity contribution in [3.05, 3.63) is 95.6 Å². The fourth-order valence-corrected chi connectivity index (χ4v) is 5.20. The second-order valence-electron chi connectivity index (χ2n) is 9.14. The third-order valence-corrected chi connectivity index (χ3v) is 7.15. The molecule has 0 radical (unpaired) electrons. The van der Waals surface area contributed by atoms with E-state index in [0.717, 1.165) is 43.2 Å². The highest BCUT2D eigenvalue weighted by molar-refractivity contribution is 6.09. The Bertz CT molecular complexity index is 1010. The lowest BCUT2D eigenvalue weighted by Gasteiger charge is -2.37. The highest BCUT2D eigenvalue weighted by atomic mass is 16.1. The third kappa shape index (κ3) is 4.57. The van der Waals surface area contributed by atoms with Gasteiger partial charge in [-0.05, 0) is 60.7 Å². The van der Waals surface area contributed by atoms with E-state index in [1.54, 1.807) is 0 Å². The molecule has 0 amide bonds. The van der Waals surface area contributed by atoms with Crippen molar-refractivity contribution in [2.75, 3.05) is 36.0 Å². The molecular formula is C29H32N2O. The molecule has 0 aromatic heterocycles. The highest BCUT2D eigenvalue weighted by Gasteiger charge is 2.19. The molecule has 3 nitrogen and oxygen atoms in total. The van der Waals surface area contributed by atoms with Gasteiger partial charge in [0.1, 0.15) is 0 Å². The summed E-state index contributed by atoms with van der Waals surface area (Å²) in [6.07, 6.45) is 6.89. The second kappa shape index (κ2) is 9.60. The van der Waals surface area contributed by atoms with Gasteiger partial charge in [0, 0.05) is 48.7 Å². The van der Waals surface area contributed by atoms with E-state index in [-0.39, 0.29) is 5.78 Å². The van der Waals surface area contributed by atoms with Gasteiger partial charge in [0.05, 0.1) is 0 Å². The Hall–Kier alpha value is -3.07. The van der Waals surface area contributed by atoms with E-state index >= 15 is 0 Å². The molecule has 1 heterocycles. The maximum atomic E-state index is 12.6. The number of rotatable bonds is 5. The minimum Gasteiger partial charge on any atom is -0.368 e. The first-order valence-electron chi connectivity index (χ1n) is 12.1. The summed E-state index contributed by atoms with van der Waals surface area (Å²) in [6.45, 7) is 4.04. The zero-order valence-electron chi connectivity index (χ0n) is 18.7. The van der Waals surface area contributed by atoms with Crippen molar-refractivity contribution in [3.8, 4) is 0 Å². The topological polar surface area (TPSA) is 23.6 Å². The number of hydrogen-bond acceptors (Lipinski definition) is 3. The van der Waals surface area contributed by atoms with E-state index in [1.165, 1.54) is 49.0 Å². The second-order valence-corrected chi connectivity index (χ2v) is 9.14. The van der Waals surface area contributed by atoms with E-state index in [2.05, 4.69) is 46.2 Å². The fraction of sp³-hybridized carbons (Fsp3) is 0.345. The molecule has 3 aromatic carbocycles. The summed E-state index contributed by atoms with van der Waals surface area (Å²) < 4.78 is 0. The van der Waals surface area contributed by atoms with E-state index in [1.807, 2.05) is 42.5 Å². The molecule has 1 saturated carbocycles. The van der Waals surface area contributed by atoms with Crippen LogP contribution in [0.3, 0.4) is 0 Å². The van der Waals surface area contributed by atoms with Crippen molar-refractivity contribution in [1.82, 2.24) is 0 Å². The molecule has 0 unspecified atom stereocenters. The Balaban J connectivity index is 1.18. The third-order valence-electron chi connectivity index (χ3n) is 7.15. The van der Waals surface area contributed by atoms with E-state index in [0.29, 0.717) is 0 Å². The summed E-state index contributed by atoms with van der Waals surface area (Å²) in [6, 6.07) is 27.0. The van der Waals surface area contributed by atoms with Gasteiger partial charge in [-0.25, -0.2) is 0 Å². The normalized spacial score (nSPS) is 17.4. The predicted octanol–water partition coefficient (Wildman–Crippen LogP) is 6.29. The van der Waals surface area contributed by atoms with Crippen LogP contribution in [0.1, 0.15) is 59.5 Å². The standard InChI is InChI=1S/C29H32N2O/c32-29(25-9-5-2-6-10-25)26-13-17-28(18-14-26)31-21-19-30(20-22-31)27-15-11-24(12-16-27)23-7-3-1-4-8-23/h2,5-6,9-18,23H,1,3-4,7-8,19-22H2. The van der Waals surface area contributed by atoms with Crippen molar-refractivity contribution in [3.63, 3.8) is 0 Å². The summed E-state index contributed by atoms with van der Waals surface area (Å²) in [7, 11) is 0. The Kier molecular flexibility index (Phi) is 6.24. The molecule has 1 aliphatic heterocycles. The number of nitrogens with zero attached hydrogens (tertiary/aromatic N) is 2. The van der Waals surface area contributed by atoms with Gasteiger partial charge < -0.3 is 9.80 Å². The average molecular weight is 425 g/mol. The minimum atomic E-state index is 0.0821. The molecule has 164 valence electrons. The molecule has 32 heavy (non-hydrogen) atoms. The number of benzene rings is 3. The molecular weight excluding hydrogens is 392 g/mol. The zero-order valence-corrected chi connectivity index (χ0v) is 18.7. The van der Waals surface area contributed by atoms with Crippen LogP contribution < -0.4 is 9.80 Å². The van der Waals surface area contributed by atoms with Crippen LogP contribution in [-0.4, -0.2) is 32.0 Å². The van der Waals surface area contributed by atoms with Crippen molar-refractivity contribution < 1.29 is 4.79 Å². The number of carbonyl (C=O) groups is 1. The quantitative estimate of drug-likeness (QED) is 0.450. The van der Waals surface area contributed by atoms with Crippen LogP contribution in [0.25, 0.3) is 0 Å². The van der Waals surface area contributed by atoms with Crippen LogP contribution >= 0.6 is 0 Å². The van der Waals surface area contributed by atoms with Gasteiger partial charge in [-0.1, -0.05) is 61.7 Å². The van der Waals surface area contributed by atoms with E-state index < -0.39 is 0 Å². The van der Waals surface area contributed by atoms with E-state index in [9.17, 15) is 4.79 Å². The van der Waals surface area contributed by atoms with Crippen molar-refractivity contribution in [2.24, 2.45) is 0 Å². The lowest BCUT2D eigenvalue weighted by atomic mass is 9.84. The van der Waals surface area contributed by atoms with Crippen LogP contribution in [0, 0.1) is 0 Å². The van der Waals surface area contributed by atoms with Crippen LogP contribution in [-0.2, 0) is 0 Å². The van der Waals surface area contributed by atoms with Crippen LogP contribution in [0.4, 0.5) is 11.4 Å².